The summed E-state index contributed by atoms with van der Waals surface area (Å²) < 4.78 is 5.31. The van der Waals surface area contributed by atoms with E-state index in [2.05, 4.69) is 10.6 Å². The topological polar surface area (TPSA) is 73.8 Å². The zero-order valence-electron chi connectivity index (χ0n) is 13.3. The fourth-order valence-electron chi connectivity index (χ4n) is 1.31. The van der Waals surface area contributed by atoms with Crippen LogP contribution >= 0.6 is 0 Å². The van der Waals surface area contributed by atoms with Crippen LogP contribution in [0.4, 0.5) is 0 Å². The van der Waals surface area contributed by atoms with Gasteiger partial charge < -0.3 is 25.6 Å². The standard InChI is InChI=1S/C14H32N2O3/c1-13(2,3)15-7-11(17)9-19-10-12(18)8-16-14(4,5)6/h11-12,15-18H,7-10H2,1-6H3. The van der Waals surface area contributed by atoms with Crippen molar-refractivity contribution in [2.45, 2.75) is 64.8 Å². The molecule has 0 amide bonds. The summed E-state index contributed by atoms with van der Waals surface area (Å²) in [5, 5.41) is 25.8. The van der Waals surface area contributed by atoms with E-state index >= 15 is 0 Å². The molecule has 0 aromatic rings. The molecule has 5 heteroatoms. The number of nitrogens with one attached hydrogen (secondary N) is 2. The van der Waals surface area contributed by atoms with E-state index in [9.17, 15) is 10.2 Å². The van der Waals surface area contributed by atoms with Crippen molar-refractivity contribution in [3.63, 3.8) is 0 Å². The summed E-state index contributed by atoms with van der Waals surface area (Å²) in [4.78, 5) is 0. The predicted molar refractivity (Wildman–Crippen MR) is 78.3 cm³/mol. The van der Waals surface area contributed by atoms with E-state index in [0.717, 1.165) is 0 Å². The minimum Gasteiger partial charge on any atom is -0.389 e. The molecule has 0 fully saturated rings. The Kier molecular flexibility index (Phi) is 8.08. The van der Waals surface area contributed by atoms with Gasteiger partial charge in [-0.05, 0) is 41.5 Å². The van der Waals surface area contributed by atoms with Crippen LogP contribution in [0.5, 0.6) is 0 Å². The minimum atomic E-state index is -0.554. The molecule has 5 nitrogen and oxygen atoms in total. The van der Waals surface area contributed by atoms with Crippen LogP contribution in [0.2, 0.25) is 0 Å². The number of rotatable bonds is 8. The summed E-state index contributed by atoms with van der Waals surface area (Å²) in [6.45, 7) is 13.7. The van der Waals surface area contributed by atoms with Gasteiger partial charge >= 0.3 is 0 Å². The van der Waals surface area contributed by atoms with Gasteiger partial charge in [-0.3, -0.25) is 0 Å². The zero-order valence-corrected chi connectivity index (χ0v) is 13.3. The van der Waals surface area contributed by atoms with Gasteiger partial charge in [-0.2, -0.15) is 0 Å². The summed E-state index contributed by atoms with van der Waals surface area (Å²) in [7, 11) is 0. The van der Waals surface area contributed by atoms with Gasteiger partial charge in [-0.15, -0.1) is 0 Å². The molecule has 0 radical (unpaired) electrons. The Balaban J connectivity index is 3.61. The Morgan fingerprint density at radius 3 is 1.37 bits per heavy atom. The highest BCUT2D eigenvalue weighted by Gasteiger charge is 2.14. The first-order chi connectivity index (χ1) is 8.49. The van der Waals surface area contributed by atoms with Gasteiger partial charge in [-0.1, -0.05) is 0 Å². The molecule has 0 saturated carbocycles. The van der Waals surface area contributed by atoms with Crippen molar-refractivity contribution in [3.8, 4) is 0 Å². The zero-order chi connectivity index (χ0) is 15.1. The highest BCUT2D eigenvalue weighted by Crippen LogP contribution is 2.00. The molecule has 2 atom stereocenters. The lowest BCUT2D eigenvalue weighted by molar-refractivity contribution is -0.00913. The molecule has 0 aliphatic carbocycles. The lowest BCUT2D eigenvalue weighted by Crippen LogP contribution is -2.43. The number of hydrogen-bond acceptors (Lipinski definition) is 5. The Bertz CT molecular complexity index is 210. The number of β-amino-alcohol motifs (C(OH)–C–C–N with tert-alkyl or cyclic N) is 2. The highest BCUT2D eigenvalue weighted by molar-refractivity contribution is 4.74. The number of aliphatic hydroxyl groups is 2. The first-order valence-electron chi connectivity index (χ1n) is 6.93. The molecule has 0 aliphatic rings. The van der Waals surface area contributed by atoms with Crippen LogP contribution in [0, 0.1) is 0 Å². The molecule has 0 aromatic carbocycles. The lowest BCUT2D eigenvalue weighted by atomic mass is 10.1. The van der Waals surface area contributed by atoms with Crippen LogP contribution < -0.4 is 10.6 Å². The van der Waals surface area contributed by atoms with Crippen molar-refractivity contribution in [3.05, 3.63) is 0 Å². The van der Waals surface area contributed by atoms with Crippen molar-refractivity contribution in [1.82, 2.24) is 10.6 Å². The first kappa shape index (κ1) is 18.8. The van der Waals surface area contributed by atoms with E-state index in [1.807, 2.05) is 41.5 Å². The van der Waals surface area contributed by atoms with Gasteiger partial charge in [0.2, 0.25) is 0 Å². The van der Waals surface area contributed by atoms with E-state index in [-0.39, 0.29) is 24.3 Å². The SMILES string of the molecule is CC(C)(C)NCC(O)COCC(O)CNC(C)(C)C. The summed E-state index contributed by atoms with van der Waals surface area (Å²) in [5.41, 5.74) is -0.0335. The van der Waals surface area contributed by atoms with Crippen molar-refractivity contribution >= 4 is 0 Å². The van der Waals surface area contributed by atoms with Gasteiger partial charge in [0.25, 0.3) is 0 Å². The summed E-state index contributed by atoms with van der Waals surface area (Å²) in [6.07, 6.45) is -1.11. The second kappa shape index (κ2) is 8.17. The van der Waals surface area contributed by atoms with Gasteiger partial charge in [0.1, 0.15) is 0 Å². The fourth-order valence-corrected chi connectivity index (χ4v) is 1.31. The van der Waals surface area contributed by atoms with Crippen molar-refractivity contribution in [2.75, 3.05) is 26.3 Å². The molecule has 19 heavy (non-hydrogen) atoms. The summed E-state index contributed by atoms with van der Waals surface area (Å²) >= 11 is 0. The molecule has 0 bridgehead atoms. The van der Waals surface area contributed by atoms with Gasteiger partial charge in [0, 0.05) is 24.2 Å². The quantitative estimate of drug-likeness (QED) is 0.520. The third kappa shape index (κ3) is 14.0. The van der Waals surface area contributed by atoms with Crippen LogP contribution in [0.25, 0.3) is 0 Å². The normalized spacial score (nSPS) is 16.4. The minimum absolute atomic E-state index is 0.0167. The Morgan fingerprint density at radius 2 is 1.11 bits per heavy atom. The number of ether oxygens (including phenoxy) is 1. The van der Waals surface area contributed by atoms with E-state index in [0.29, 0.717) is 13.1 Å². The predicted octanol–water partition coefficient (Wildman–Crippen LogP) is 0.501. The molecule has 0 aromatic heterocycles. The molecule has 4 N–H and O–H groups in total. The number of aliphatic hydroxyl groups excluding tert-OH is 2. The molecule has 2 unspecified atom stereocenters. The molecule has 116 valence electrons. The largest absolute Gasteiger partial charge is 0.389 e. The van der Waals surface area contributed by atoms with E-state index < -0.39 is 12.2 Å². The first-order valence-corrected chi connectivity index (χ1v) is 6.93. The molecule has 0 rings (SSSR count). The van der Waals surface area contributed by atoms with Crippen LogP contribution in [-0.4, -0.2) is 59.8 Å². The molecule has 0 heterocycles. The molecular weight excluding hydrogens is 244 g/mol. The lowest BCUT2D eigenvalue weighted by Gasteiger charge is -2.24. The van der Waals surface area contributed by atoms with Gasteiger partial charge in [0.15, 0.2) is 0 Å². The van der Waals surface area contributed by atoms with Crippen LogP contribution in [0.3, 0.4) is 0 Å². The van der Waals surface area contributed by atoms with Crippen LogP contribution in [0.15, 0.2) is 0 Å². The van der Waals surface area contributed by atoms with Crippen molar-refractivity contribution in [2.24, 2.45) is 0 Å². The fraction of sp³-hybridized carbons (Fsp3) is 1.00. The van der Waals surface area contributed by atoms with Crippen molar-refractivity contribution in [1.29, 1.82) is 0 Å². The second-order valence-corrected chi connectivity index (χ2v) is 7.11. The maximum Gasteiger partial charge on any atom is 0.0897 e. The average Bonchev–Trinajstić information content (AvgIpc) is 2.22. The van der Waals surface area contributed by atoms with Gasteiger partial charge in [-0.25, -0.2) is 0 Å². The molecule has 0 aliphatic heterocycles. The second-order valence-electron chi connectivity index (χ2n) is 7.11. The van der Waals surface area contributed by atoms with Crippen molar-refractivity contribution < 1.29 is 14.9 Å². The third-order valence-corrected chi connectivity index (χ3v) is 2.36. The highest BCUT2D eigenvalue weighted by atomic mass is 16.5. The van der Waals surface area contributed by atoms with E-state index in [1.54, 1.807) is 0 Å². The Labute approximate surface area is 117 Å². The summed E-state index contributed by atoms with van der Waals surface area (Å²) in [6, 6.07) is 0. The maximum atomic E-state index is 9.70. The summed E-state index contributed by atoms with van der Waals surface area (Å²) in [5.74, 6) is 0. The molecule has 0 saturated heterocycles. The Morgan fingerprint density at radius 1 is 0.789 bits per heavy atom. The van der Waals surface area contributed by atoms with Crippen LogP contribution in [-0.2, 0) is 4.74 Å². The van der Waals surface area contributed by atoms with E-state index in [1.165, 1.54) is 0 Å². The smallest absolute Gasteiger partial charge is 0.0897 e. The number of hydrogen-bond donors (Lipinski definition) is 4. The van der Waals surface area contributed by atoms with Gasteiger partial charge in [0.05, 0.1) is 25.4 Å². The molecule has 0 spiro atoms. The monoisotopic (exact) mass is 276 g/mol. The third-order valence-electron chi connectivity index (χ3n) is 2.36. The maximum absolute atomic E-state index is 9.70. The average molecular weight is 276 g/mol. The molecular formula is C14H32N2O3. The van der Waals surface area contributed by atoms with E-state index in [4.69, 9.17) is 4.74 Å². The Hall–Kier alpha value is -0.200. The van der Waals surface area contributed by atoms with Crippen LogP contribution in [0.1, 0.15) is 41.5 Å².